The van der Waals surface area contributed by atoms with Gasteiger partial charge >= 0.3 is 0 Å². The fourth-order valence-electron chi connectivity index (χ4n) is 2.84. The third kappa shape index (κ3) is 5.59. The predicted octanol–water partition coefficient (Wildman–Crippen LogP) is 3.15. The fraction of sp³-hybridized carbons (Fsp3) is 0.500. The second-order valence-corrected chi connectivity index (χ2v) is 7.04. The third-order valence-electron chi connectivity index (χ3n) is 4.56. The number of likely N-dealkylation sites (N-methyl/N-ethyl adjacent to an activating group) is 1. The number of carbonyl (C=O) groups is 1. The Morgan fingerprint density at radius 3 is 2.64 bits per heavy atom. The number of aryl methyl sites for hydroxylation is 1. The molecule has 2 N–H and O–H groups in total. The summed E-state index contributed by atoms with van der Waals surface area (Å²) < 4.78 is 15.6. The normalized spacial score (nSPS) is 10.8. The second-order valence-electron chi connectivity index (χ2n) is 6.27. The standard InChI is InChI=1S/C20H30N4O3S/c1-6-24(7-2)10-11-27-16-9-8-15(12-17(16)26-5)13-22-19(25)18-14(3)23-28-20(18)21-4/h8-9,12,21H,6-7,10-11,13H2,1-5H3,(H,22,25). The van der Waals surface area contributed by atoms with E-state index in [4.69, 9.17) is 9.47 Å². The van der Waals surface area contributed by atoms with E-state index in [2.05, 4.69) is 33.8 Å². The molecule has 0 saturated heterocycles. The largest absolute Gasteiger partial charge is 0.493 e. The fourth-order valence-corrected chi connectivity index (χ4v) is 3.59. The molecule has 0 saturated carbocycles. The SMILES string of the molecule is CCN(CC)CCOc1ccc(CNC(=O)c2c(C)nsc2NC)cc1OC. The molecule has 0 radical (unpaired) electrons. The smallest absolute Gasteiger partial charge is 0.256 e. The van der Waals surface area contributed by atoms with E-state index in [1.807, 2.05) is 25.1 Å². The van der Waals surface area contributed by atoms with Gasteiger partial charge in [-0.25, -0.2) is 0 Å². The number of nitrogens with zero attached hydrogens (tertiary/aromatic N) is 2. The van der Waals surface area contributed by atoms with Gasteiger partial charge in [-0.1, -0.05) is 19.9 Å². The van der Waals surface area contributed by atoms with Crippen molar-refractivity contribution in [1.29, 1.82) is 0 Å². The Bertz CT molecular complexity index is 775. The molecule has 0 aliphatic heterocycles. The van der Waals surface area contributed by atoms with Crippen LogP contribution in [0.1, 0.15) is 35.5 Å². The van der Waals surface area contributed by atoms with Crippen molar-refractivity contribution in [2.45, 2.75) is 27.3 Å². The van der Waals surface area contributed by atoms with Crippen molar-refractivity contribution >= 4 is 22.4 Å². The Morgan fingerprint density at radius 2 is 2.00 bits per heavy atom. The summed E-state index contributed by atoms with van der Waals surface area (Å²) in [5.41, 5.74) is 2.25. The van der Waals surface area contributed by atoms with Crippen molar-refractivity contribution in [3.8, 4) is 11.5 Å². The first-order valence-electron chi connectivity index (χ1n) is 9.48. The van der Waals surface area contributed by atoms with Gasteiger partial charge in [0.25, 0.3) is 5.91 Å². The van der Waals surface area contributed by atoms with E-state index in [-0.39, 0.29) is 5.91 Å². The lowest BCUT2D eigenvalue weighted by Gasteiger charge is -2.19. The van der Waals surface area contributed by atoms with Crippen molar-refractivity contribution in [3.63, 3.8) is 0 Å². The summed E-state index contributed by atoms with van der Waals surface area (Å²) in [7, 11) is 3.40. The summed E-state index contributed by atoms with van der Waals surface area (Å²) in [5, 5.41) is 6.73. The van der Waals surface area contributed by atoms with Crippen LogP contribution < -0.4 is 20.1 Å². The number of carbonyl (C=O) groups excluding carboxylic acids is 1. The molecule has 2 rings (SSSR count). The van der Waals surface area contributed by atoms with Gasteiger partial charge in [0, 0.05) is 20.1 Å². The Morgan fingerprint density at radius 1 is 1.25 bits per heavy atom. The Labute approximate surface area is 171 Å². The Kier molecular flexibility index (Phi) is 8.53. The van der Waals surface area contributed by atoms with Gasteiger partial charge in [-0.3, -0.25) is 4.79 Å². The van der Waals surface area contributed by atoms with Crippen LogP contribution in [0.3, 0.4) is 0 Å². The lowest BCUT2D eigenvalue weighted by molar-refractivity contribution is 0.0951. The quantitative estimate of drug-likeness (QED) is 0.597. The lowest BCUT2D eigenvalue weighted by Crippen LogP contribution is -2.28. The van der Waals surface area contributed by atoms with E-state index in [0.29, 0.717) is 30.2 Å². The average molecular weight is 407 g/mol. The summed E-state index contributed by atoms with van der Waals surface area (Å²) in [5.74, 6) is 1.23. The molecule has 154 valence electrons. The summed E-state index contributed by atoms with van der Waals surface area (Å²) in [6.07, 6.45) is 0. The van der Waals surface area contributed by atoms with Gasteiger partial charge < -0.3 is 25.0 Å². The monoisotopic (exact) mass is 406 g/mol. The molecule has 1 aromatic heterocycles. The van der Waals surface area contributed by atoms with Crippen LogP contribution in [0, 0.1) is 6.92 Å². The minimum absolute atomic E-state index is 0.144. The van der Waals surface area contributed by atoms with Crippen molar-refractivity contribution in [1.82, 2.24) is 14.6 Å². The van der Waals surface area contributed by atoms with Crippen LogP contribution in [0.15, 0.2) is 18.2 Å². The molecular weight excluding hydrogens is 376 g/mol. The second kappa shape index (κ2) is 10.9. The highest BCUT2D eigenvalue weighted by atomic mass is 32.1. The molecular formula is C20H30N4O3S. The molecule has 0 unspecified atom stereocenters. The van der Waals surface area contributed by atoms with E-state index in [9.17, 15) is 4.79 Å². The van der Waals surface area contributed by atoms with Crippen molar-refractivity contribution < 1.29 is 14.3 Å². The highest BCUT2D eigenvalue weighted by Crippen LogP contribution is 2.28. The van der Waals surface area contributed by atoms with Crippen molar-refractivity contribution in [2.24, 2.45) is 0 Å². The summed E-state index contributed by atoms with van der Waals surface area (Å²) >= 11 is 1.28. The van der Waals surface area contributed by atoms with Crippen LogP contribution >= 0.6 is 11.5 Å². The topological polar surface area (TPSA) is 75.7 Å². The van der Waals surface area contributed by atoms with Gasteiger partial charge in [-0.2, -0.15) is 4.37 Å². The van der Waals surface area contributed by atoms with Gasteiger partial charge in [0.15, 0.2) is 11.5 Å². The molecule has 0 aliphatic rings. The van der Waals surface area contributed by atoms with Gasteiger partial charge in [0.1, 0.15) is 11.6 Å². The number of hydrogen-bond acceptors (Lipinski definition) is 7. The molecule has 0 aliphatic carbocycles. The predicted molar refractivity (Wildman–Crippen MR) is 114 cm³/mol. The van der Waals surface area contributed by atoms with Gasteiger partial charge in [-0.05, 0) is 49.2 Å². The van der Waals surface area contributed by atoms with Crippen LogP contribution in [0.4, 0.5) is 5.00 Å². The number of amides is 1. The maximum atomic E-state index is 12.5. The Hall–Kier alpha value is -2.32. The van der Waals surface area contributed by atoms with E-state index in [1.165, 1.54) is 11.5 Å². The Balaban J connectivity index is 1.97. The molecule has 1 aromatic carbocycles. The molecule has 7 nitrogen and oxygen atoms in total. The van der Waals surface area contributed by atoms with Crippen LogP contribution in [-0.2, 0) is 6.54 Å². The van der Waals surface area contributed by atoms with Gasteiger partial charge in [0.2, 0.25) is 0 Å². The molecule has 1 amide bonds. The minimum Gasteiger partial charge on any atom is -0.493 e. The van der Waals surface area contributed by atoms with Crippen molar-refractivity contribution in [3.05, 3.63) is 35.0 Å². The number of anilines is 1. The summed E-state index contributed by atoms with van der Waals surface area (Å²) in [6.45, 7) is 9.99. The number of benzene rings is 1. The first-order valence-corrected chi connectivity index (χ1v) is 10.3. The zero-order chi connectivity index (χ0) is 20.5. The van der Waals surface area contributed by atoms with Gasteiger partial charge in [0.05, 0.1) is 18.4 Å². The maximum Gasteiger partial charge on any atom is 0.256 e. The average Bonchev–Trinajstić information content (AvgIpc) is 3.10. The van der Waals surface area contributed by atoms with Gasteiger partial charge in [-0.15, -0.1) is 0 Å². The minimum atomic E-state index is -0.144. The highest BCUT2D eigenvalue weighted by molar-refractivity contribution is 7.10. The molecule has 8 heteroatoms. The summed E-state index contributed by atoms with van der Waals surface area (Å²) in [6, 6.07) is 5.72. The lowest BCUT2D eigenvalue weighted by atomic mass is 10.2. The maximum absolute atomic E-state index is 12.5. The first kappa shape index (κ1) is 22.0. The number of methoxy groups -OCH3 is 1. The first-order chi connectivity index (χ1) is 13.5. The molecule has 0 atom stereocenters. The number of ether oxygens (including phenoxy) is 2. The van der Waals surface area contributed by atoms with Crippen LogP contribution in [0.2, 0.25) is 0 Å². The molecule has 0 spiro atoms. The zero-order valence-corrected chi connectivity index (χ0v) is 18.1. The van der Waals surface area contributed by atoms with Crippen LogP contribution in [0.25, 0.3) is 0 Å². The van der Waals surface area contributed by atoms with E-state index >= 15 is 0 Å². The zero-order valence-electron chi connectivity index (χ0n) is 17.3. The highest BCUT2D eigenvalue weighted by Gasteiger charge is 2.17. The number of nitrogens with one attached hydrogen (secondary N) is 2. The number of rotatable bonds is 11. The molecule has 1 heterocycles. The number of aromatic nitrogens is 1. The van der Waals surface area contributed by atoms with E-state index < -0.39 is 0 Å². The van der Waals surface area contributed by atoms with E-state index in [0.717, 1.165) is 35.9 Å². The molecule has 0 bridgehead atoms. The molecule has 2 aromatic rings. The van der Waals surface area contributed by atoms with Crippen LogP contribution in [-0.4, -0.2) is 55.6 Å². The third-order valence-corrected chi connectivity index (χ3v) is 5.51. The molecule has 28 heavy (non-hydrogen) atoms. The van der Waals surface area contributed by atoms with E-state index in [1.54, 1.807) is 14.2 Å². The number of hydrogen-bond donors (Lipinski definition) is 2. The summed E-state index contributed by atoms with van der Waals surface area (Å²) in [4.78, 5) is 14.8. The van der Waals surface area contributed by atoms with Crippen molar-refractivity contribution in [2.75, 3.05) is 45.7 Å². The molecule has 0 fully saturated rings. The van der Waals surface area contributed by atoms with Crippen LogP contribution in [0.5, 0.6) is 11.5 Å².